The van der Waals surface area contributed by atoms with Gasteiger partial charge in [-0.25, -0.2) is 8.78 Å². The van der Waals surface area contributed by atoms with Crippen molar-refractivity contribution < 1.29 is 23.4 Å². The molecule has 1 unspecified atom stereocenters. The van der Waals surface area contributed by atoms with E-state index in [2.05, 4.69) is 6.58 Å². The lowest BCUT2D eigenvalue weighted by molar-refractivity contribution is -0.145. The minimum absolute atomic E-state index is 0.0510. The van der Waals surface area contributed by atoms with Gasteiger partial charge in [-0.1, -0.05) is 26.0 Å². The molecule has 0 spiro atoms. The van der Waals surface area contributed by atoms with Crippen molar-refractivity contribution in [2.45, 2.75) is 32.1 Å². The van der Waals surface area contributed by atoms with E-state index in [1.807, 2.05) is 0 Å². The smallest absolute Gasteiger partial charge is 0.305 e. The number of esters is 1. The summed E-state index contributed by atoms with van der Waals surface area (Å²) in [5, 5.41) is 9.45. The van der Waals surface area contributed by atoms with E-state index in [1.165, 1.54) is 12.1 Å². The van der Waals surface area contributed by atoms with Crippen LogP contribution in [0.3, 0.4) is 0 Å². The topological polar surface area (TPSA) is 46.5 Å². The lowest BCUT2D eigenvalue weighted by Crippen LogP contribution is -2.29. The molecule has 0 saturated heterocycles. The zero-order valence-corrected chi connectivity index (χ0v) is 12.9. The summed E-state index contributed by atoms with van der Waals surface area (Å²) in [5.41, 5.74) is -0.506. The number of aliphatic hydroxyl groups is 1. The highest BCUT2D eigenvalue weighted by atomic mass is 19.1. The molecule has 0 fully saturated rings. The van der Waals surface area contributed by atoms with E-state index in [4.69, 9.17) is 4.74 Å². The van der Waals surface area contributed by atoms with E-state index in [0.29, 0.717) is 12.0 Å². The molecule has 0 aliphatic rings. The number of carbonyl (C=O) groups excluding carboxylic acids is 1. The van der Waals surface area contributed by atoms with Gasteiger partial charge in [0.25, 0.3) is 0 Å². The van der Waals surface area contributed by atoms with Crippen LogP contribution in [-0.2, 0) is 14.9 Å². The number of ether oxygens (including phenoxy) is 1. The maximum absolute atomic E-state index is 14.0. The van der Waals surface area contributed by atoms with Crippen molar-refractivity contribution in [2.24, 2.45) is 5.92 Å². The van der Waals surface area contributed by atoms with Gasteiger partial charge in [-0.15, -0.1) is 6.58 Å². The largest absolute Gasteiger partial charge is 0.465 e. The van der Waals surface area contributed by atoms with Crippen molar-refractivity contribution in [3.8, 4) is 0 Å². The molecule has 3 nitrogen and oxygen atoms in total. The van der Waals surface area contributed by atoms with E-state index in [-0.39, 0.29) is 31.5 Å². The Morgan fingerprint density at radius 1 is 1.50 bits per heavy atom. The fourth-order valence-corrected chi connectivity index (χ4v) is 2.34. The molecule has 5 heteroatoms. The van der Waals surface area contributed by atoms with Gasteiger partial charge in [-0.05, 0) is 18.1 Å². The lowest BCUT2D eigenvalue weighted by Gasteiger charge is -2.30. The SMILES string of the molecule is C=CC(C)(C[C@@H](CO)COC(=O)CC)c1ccc(F)cc1F. The van der Waals surface area contributed by atoms with Gasteiger partial charge in [0.15, 0.2) is 0 Å². The van der Waals surface area contributed by atoms with Gasteiger partial charge < -0.3 is 9.84 Å². The van der Waals surface area contributed by atoms with Crippen molar-refractivity contribution in [1.82, 2.24) is 0 Å². The van der Waals surface area contributed by atoms with E-state index in [9.17, 15) is 18.7 Å². The monoisotopic (exact) mass is 312 g/mol. The van der Waals surface area contributed by atoms with Gasteiger partial charge in [0, 0.05) is 30.4 Å². The first-order valence-corrected chi connectivity index (χ1v) is 7.22. The van der Waals surface area contributed by atoms with E-state index < -0.39 is 17.0 Å². The van der Waals surface area contributed by atoms with Crippen LogP contribution in [-0.4, -0.2) is 24.3 Å². The lowest BCUT2D eigenvalue weighted by atomic mass is 9.75. The van der Waals surface area contributed by atoms with Crippen LogP contribution in [0, 0.1) is 17.6 Å². The van der Waals surface area contributed by atoms with Gasteiger partial charge in [-0.3, -0.25) is 4.79 Å². The number of rotatable bonds is 8. The number of halogens is 2. The molecule has 1 N–H and O–H groups in total. The summed E-state index contributed by atoms with van der Waals surface area (Å²) in [4.78, 5) is 11.2. The van der Waals surface area contributed by atoms with Crippen LogP contribution in [0.2, 0.25) is 0 Å². The molecule has 0 bridgehead atoms. The molecule has 0 aliphatic carbocycles. The van der Waals surface area contributed by atoms with Crippen LogP contribution < -0.4 is 0 Å². The summed E-state index contributed by atoms with van der Waals surface area (Å²) in [5.74, 6) is -2.03. The van der Waals surface area contributed by atoms with Crippen molar-refractivity contribution in [3.63, 3.8) is 0 Å². The van der Waals surface area contributed by atoms with Gasteiger partial charge in [0.05, 0.1) is 6.61 Å². The second kappa shape index (κ2) is 8.03. The Bertz CT molecular complexity index is 531. The van der Waals surface area contributed by atoms with Crippen LogP contribution in [0.15, 0.2) is 30.9 Å². The van der Waals surface area contributed by atoms with Gasteiger partial charge >= 0.3 is 5.97 Å². The maximum atomic E-state index is 14.0. The average Bonchev–Trinajstić information content (AvgIpc) is 2.50. The Kier molecular flexibility index (Phi) is 6.68. The molecule has 122 valence electrons. The molecule has 0 saturated carbocycles. The molecular weight excluding hydrogens is 290 g/mol. The second-order valence-electron chi connectivity index (χ2n) is 5.54. The predicted octanol–water partition coefficient (Wildman–Crippen LogP) is 3.36. The zero-order valence-electron chi connectivity index (χ0n) is 12.9. The molecule has 1 rings (SSSR count). The van der Waals surface area contributed by atoms with Crippen molar-refractivity contribution in [2.75, 3.05) is 13.2 Å². The number of aliphatic hydroxyl groups excluding tert-OH is 1. The summed E-state index contributed by atoms with van der Waals surface area (Å²) >= 11 is 0. The van der Waals surface area contributed by atoms with Crippen molar-refractivity contribution in [3.05, 3.63) is 48.1 Å². The van der Waals surface area contributed by atoms with Crippen LogP contribution in [0.1, 0.15) is 32.3 Å². The number of hydrogen-bond donors (Lipinski definition) is 1. The Morgan fingerprint density at radius 2 is 2.18 bits per heavy atom. The quantitative estimate of drug-likeness (QED) is 0.591. The number of carbonyl (C=O) groups is 1. The number of allylic oxidation sites excluding steroid dienone is 1. The van der Waals surface area contributed by atoms with Crippen LogP contribution in [0.4, 0.5) is 8.78 Å². The second-order valence-corrected chi connectivity index (χ2v) is 5.54. The molecule has 2 atom stereocenters. The van der Waals surface area contributed by atoms with Gasteiger partial charge in [0.2, 0.25) is 0 Å². The third-order valence-corrected chi connectivity index (χ3v) is 3.74. The summed E-state index contributed by atoms with van der Waals surface area (Å²) < 4.78 is 32.1. The standard InChI is InChI=1S/C17H22F2O3/c1-4-16(21)22-11-12(10-20)9-17(3,5-2)14-7-6-13(18)8-15(14)19/h5-8,12,20H,2,4,9-11H2,1,3H3/t12-,17?/m0/s1. The van der Waals surface area contributed by atoms with E-state index >= 15 is 0 Å². The van der Waals surface area contributed by atoms with Gasteiger partial charge in [-0.2, -0.15) is 0 Å². The van der Waals surface area contributed by atoms with E-state index in [1.54, 1.807) is 19.9 Å². The third-order valence-electron chi connectivity index (χ3n) is 3.74. The first-order valence-electron chi connectivity index (χ1n) is 7.22. The Balaban J connectivity index is 2.92. The number of benzene rings is 1. The molecule has 0 aromatic heterocycles. The highest BCUT2D eigenvalue weighted by Gasteiger charge is 2.30. The molecule has 0 amide bonds. The summed E-state index contributed by atoms with van der Waals surface area (Å²) in [6.07, 6.45) is 2.14. The Hall–Kier alpha value is -1.75. The number of hydrogen-bond acceptors (Lipinski definition) is 3. The van der Waals surface area contributed by atoms with Crippen LogP contribution in [0.25, 0.3) is 0 Å². The fraction of sp³-hybridized carbons (Fsp3) is 0.471. The summed E-state index contributed by atoms with van der Waals surface area (Å²) in [7, 11) is 0. The molecule has 1 aromatic carbocycles. The molecule has 22 heavy (non-hydrogen) atoms. The van der Waals surface area contributed by atoms with Crippen molar-refractivity contribution >= 4 is 5.97 Å². The van der Waals surface area contributed by atoms with Crippen LogP contribution >= 0.6 is 0 Å². The normalized spacial score (nSPS) is 15.0. The Labute approximate surface area is 129 Å². The Morgan fingerprint density at radius 3 is 2.68 bits per heavy atom. The molecule has 0 heterocycles. The maximum Gasteiger partial charge on any atom is 0.305 e. The fourth-order valence-electron chi connectivity index (χ4n) is 2.34. The van der Waals surface area contributed by atoms with Crippen LogP contribution in [0.5, 0.6) is 0 Å². The highest BCUT2D eigenvalue weighted by molar-refractivity contribution is 5.68. The summed E-state index contributed by atoms with van der Waals surface area (Å²) in [6, 6.07) is 3.38. The minimum Gasteiger partial charge on any atom is -0.465 e. The zero-order chi connectivity index (χ0) is 16.8. The molecule has 0 aliphatic heterocycles. The van der Waals surface area contributed by atoms with E-state index in [0.717, 1.165) is 6.07 Å². The highest BCUT2D eigenvalue weighted by Crippen LogP contribution is 2.34. The minimum atomic E-state index is -0.802. The third kappa shape index (κ3) is 4.63. The van der Waals surface area contributed by atoms with Gasteiger partial charge in [0.1, 0.15) is 11.6 Å². The average molecular weight is 312 g/mol. The molecule has 1 aromatic rings. The molecule has 0 radical (unpaired) electrons. The summed E-state index contributed by atoms with van der Waals surface area (Å²) in [6.45, 7) is 7.00. The first kappa shape index (κ1) is 18.3. The molecular formula is C17H22F2O3. The predicted molar refractivity (Wildman–Crippen MR) is 80.3 cm³/mol. The first-order chi connectivity index (χ1) is 10.4. The van der Waals surface area contributed by atoms with Crippen molar-refractivity contribution in [1.29, 1.82) is 0 Å².